The van der Waals surface area contributed by atoms with E-state index in [1.807, 2.05) is 30.3 Å². The second-order valence-corrected chi connectivity index (χ2v) is 4.61. The van der Waals surface area contributed by atoms with Crippen molar-refractivity contribution in [3.05, 3.63) is 70.7 Å². The Bertz CT molecular complexity index is 614. The van der Waals surface area contributed by atoms with E-state index in [-0.39, 0.29) is 12.3 Å². The predicted molar refractivity (Wildman–Crippen MR) is 77.2 cm³/mol. The number of carbonyl (C=O) groups excluding carboxylic acids is 2. The molecule has 20 heavy (non-hydrogen) atoms. The van der Waals surface area contributed by atoms with Gasteiger partial charge < -0.3 is 0 Å². The van der Waals surface area contributed by atoms with Gasteiger partial charge >= 0.3 is 0 Å². The molecule has 4 nitrogen and oxygen atoms in total. The lowest BCUT2D eigenvalue weighted by atomic mass is 10.1. The van der Waals surface area contributed by atoms with Gasteiger partial charge in [-0.25, -0.2) is 0 Å². The molecule has 2 aromatic carbocycles. The lowest BCUT2D eigenvalue weighted by Gasteiger charge is -2.07. The number of rotatable bonds is 3. The molecular weight excluding hydrogens is 276 g/mol. The van der Waals surface area contributed by atoms with E-state index in [0.717, 1.165) is 5.56 Å². The van der Waals surface area contributed by atoms with E-state index in [4.69, 9.17) is 11.6 Å². The average molecular weight is 289 g/mol. The van der Waals surface area contributed by atoms with Crippen molar-refractivity contribution < 1.29 is 9.59 Å². The molecule has 5 heteroatoms. The first-order chi connectivity index (χ1) is 9.65. The van der Waals surface area contributed by atoms with Gasteiger partial charge in [0.05, 0.1) is 6.42 Å². The molecule has 2 aromatic rings. The number of amides is 2. The van der Waals surface area contributed by atoms with Crippen molar-refractivity contribution in [1.82, 2.24) is 10.9 Å². The van der Waals surface area contributed by atoms with Gasteiger partial charge in [0.15, 0.2) is 0 Å². The Morgan fingerprint density at radius 2 is 1.70 bits per heavy atom. The zero-order chi connectivity index (χ0) is 14.4. The molecule has 102 valence electrons. The number of hydrogen-bond acceptors (Lipinski definition) is 2. The second kappa shape index (κ2) is 6.73. The summed E-state index contributed by atoms with van der Waals surface area (Å²) < 4.78 is 0. The summed E-state index contributed by atoms with van der Waals surface area (Å²) in [7, 11) is 0. The molecule has 0 radical (unpaired) electrons. The minimum atomic E-state index is -0.408. The molecule has 0 aliphatic carbocycles. The van der Waals surface area contributed by atoms with Crippen LogP contribution in [0.25, 0.3) is 0 Å². The van der Waals surface area contributed by atoms with Crippen LogP contribution in [0.3, 0.4) is 0 Å². The summed E-state index contributed by atoms with van der Waals surface area (Å²) in [6, 6.07) is 15.8. The Labute approximate surface area is 121 Å². The van der Waals surface area contributed by atoms with E-state index >= 15 is 0 Å². The number of halogens is 1. The molecule has 0 aliphatic rings. The molecule has 0 unspecified atom stereocenters. The standard InChI is InChI=1S/C15H13ClN2O2/c16-13-8-4-7-12(10-13)15(20)18-17-14(19)9-11-5-2-1-3-6-11/h1-8,10H,9H2,(H,17,19)(H,18,20). The number of hydrogen-bond donors (Lipinski definition) is 2. The van der Waals surface area contributed by atoms with Crippen LogP contribution in [0.15, 0.2) is 54.6 Å². The van der Waals surface area contributed by atoms with Gasteiger partial charge in [0.1, 0.15) is 0 Å². The highest BCUT2D eigenvalue weighted by atomic mass is 35.5. The Morgan fingerprint density at radius 3 is 2.40 bits per heavy atom. The van der Waals surface area contributed by atoms with Gasteiger partial charge in [-0.3, -0.25) is 20.4 Å². The summed E-state index contributed by atoms with van der Waals surface area (Å²) >= 11 is 5.79. The van der Waals surface area contributed by atoms with Gasteiger partial charge in [0.25, 0.3) is 5.91 Å². The normalized spacial score (nSPS) is 9.85. The first-order valence-electron chi connectivity index (χ1n) is 6.04. The lowest BCUT2D eigenvalue weighted by Crippen LogP contribution is -2.42. The average Bonchev–Trinajstić information content (AvgIpc) is 2.46. The van der Waals surface area contributed by atoms with Crippen LogP contribution in [0.2, 0.25) is 5.02 Å². The van der Waals surface area contributed by atoms with Crippen molar-refractivity contribution in [2.45, 2.75) is 6.42 Å². The molecule has 0 aliphatic heterocycles. The molecule has 2 N–H and O–H groups in total. The Morgan fingerprint density at radius 1 is 0.950 bits per heavy atom. The molecule has 2 rings (SSSR count). The summed E-state index contributed by atoms with van der Waals surface area (Å²) in [6.07, 6.45) is 0.205. The minimum Gasteiger partial charge on any atom is -0.273 e. The molecule has 0 bridgehead atoms. The first-order valence-corrected chi connectivity index (χ1v) is 6.41. The Hall–Kier alpha value is -2.33. The number of hydrazine groups is 1. The lowest BCUT2D eigenvalue weighted by molar-refractivity contribution is -0.121. The fourth-order valence-corrected chi connectivity index (χ4v) is 1.84. The highest BCUT2D eigenvalue weighted by Gasteiger charge is 2.08. The third-order valence-corrected chi connectivity index (χ3v) is 2.84. The molecule has 0 atom stereocenters. The van der Waals surface area contributed by atoms with Crippen LogP contribution in [0, 0.1) is 0 Å². The van der Waals surface area contributed by atoms with Crippen LogP contribution in [0.1, 0.15) is 15.9 Å². The molecule has 0 saturated carbocycles. The minimum absolute atomic E-state index is 0.205. The Balaban J connectivity index is 1.86. The van der Waals surface area contributed by atoms with E-state index < -0.39 is 5.91 Å². The highest BCUT2D eigenvalue weighted by Crippen LogP contribution is 2.10. The van der Waals surface area contributed by atoms with Crippen LogP contribution in [0.4, 0.5) is 0 Å². The van der Waals surface area contributed by atoms with Crippen molar-refractivity contribution in [3.63, 3.8) is 0 Å². The van der Waals surface area contributed by atoms with Gasteiger partial charge in [-0.15, -0.1) is 0 Å². The maximum atomic E-state index is 11.8. The zero-order valence-electron chi connectivity index (χ0n) is 10.6. The van der Waals surface area contributed by atoms with Crippen LogP contribution >= 0.6 is 11.6 Å². The van der Waals surface area contributed by atoms with Crippen molar-refractivity contribution >= 4 is 23.4 Å². The van der Waals surface area contributed by atoms with Crippen LogP contribution in [-0.4, -0.2) is 11.8 Å². The smallest absolute Gasteiger partial charge is 0.269 e. The third-order valence-electron chi connectivity index (χ3n) is 2.61. The summed E-state index contributed by atoms with van der Waals surface area (Å²) in [5.74, 6) is -0.694. The molecule has 0 saturated heterocycles. The predicted octanol–water partition coefficient (Wildman–Crippen LogP) is 2.34. The molecular formula is C15H13ClN2O2. The molecule has 0 heterocycles. The first kappa shape index (κ1) is 14.1. The Kier molecular flexibility index (Phi) is 4.74. The van der Waals surface area contributed by atoms with Crippen molar-refractivity contribution in [3.8, 4) is 0 Å². The zero-order valence-corrected chi connectivity index (χ0v) is 11.4. The number of nitrogens with one attached hydrogen (secondary N) is 2. The summed E-state index contributed by atoms with van der Waals surface area (Å²) in [5.41, 5.74) is 5.98. The van der Waals surface area contributed by atoms with E-state index in [1.54, 1.807) is 18.2 Å². The molecule has 0 spiro atoms. The SMILES string of the molecule is O=C(Cc1ccccc1)NNC(=O)c1cccc(Cl)c1. The van der Waals surface area contributed by atoms with Crippen LogP contribution in [0.5, 0.6) is 0 Å². The van der Waals surface area contributed by atoms with Crippen molar-refractivity contribution in [2.75, 3.05) is 0 Å². The van der Waals surface area contributed by atoms with Crippen molar-refractivity contribution in [2.24, 2.45) is 0 Å². The highest BCUT2D eigenvalue weighted by molar-refractivity contribution is 6.30. The van der Waals surface area contributed by atoms with Gasteiger partial charge in [-0.05, 0) is 23.8 Å². The van der Waals surface area contributed by atoms with Gasteiger partial charge in [0, 0.05) is 10.6 Å². The van der Waals surface area contributed by atoms with E-state index in [1.165, 1.54) is 6.07 Å². The summed E-state index contributed by atoms with van der Waals surface area (Å²) in [6.45, 7) is 0. The maximum absolute atomic E-state index is 11.8. The number of carbonyl (C=O) groups is 2. The second-order valence-electron chi connectivity index (χ2n) is 4.18. The van der Waals surface area contributed by atoms with Crippen LogP contribution in [-0.2, 0) is 11.2 Å². The van der Waals surface area contributed by atoms with Crippen LogP contribution < -0.4 is 10.9 Å². The third kappa shape index (κ3) is 4.10. The molecule has 2 amide bonds. The van der Waals surface area contributed by atoms with E-state index in [9.17, 15) is 9.59 Å². The topological polar surface area (TPSA) is 58.2 Å². The van der Waals surface area contributed by atoms with Gasteiger partial charge in [-0.2, -0.15) is 0 Å². The fraction of sp³-hybridized carbons (Fsp3) is 0.0667. The van der Waals surface area contributed by atoms with E-state index in [0.29, 0.717) is 10.6 Å². The maximum Gasteiger partial charge on any atom is 0.269 e. The quantitative estimate of drug-likeness (QED) is 0.852. The number of benzene rings is 2. The monoisotopic (exact) mass is 288 g/mol. The fourth-order valence-electron chi connectivity index (χ4n) is 1.65. The molecule has 0 aromatic heterocycles. The van der Waals surface area contributed by atoms with E-state index in [2.05, 4.69) is 10.9 Å². The van der Waals surface area contributed by atoms with Gasteiger partial charge in [-0.1, -0.05) is 48.0 Å². The largest absolute Gasteiger partial charge is 0.273 e. The molecule has 0 fully saturated rings. The van der Waals surface area contributed by atoms with Crippen molar-refractivity contribution in [1.29, 1.82) is 0 Å². The summed E-state index contributed by atoms with van der Waals surface area (Å²) in [4.78, 5) is 23.4. The van der Waals surface area contributed by atoms with Gasteiger partial charge in [0.2, 0.25) is 5.91 Å². The summed E-state index contributed by atoms with van der Waals surface area (Å²) in [5, 5.41) is 0.466.